The summed E-state index contributed by atoms with van der Waals surface area (Å²) in [6.07, 6.45) is 7.53. The molecule has 1 aliphatic heterocycles. The summed E-state index contributed by atoms with van der Waals surface area (Å²) in [7, 11) is 0. The van der Waals surface area contributed by atoms with E-state index in [1.165, 1.54) is 19.3 Å². The molecule has 0 bridgehead atoms. The van der Waals surface area contributed by atoms with E-state index >= 15 is 0 Å². The smallest absolute Gasteiger partial charge is 0.237 e. The van der Waals surface area contributed by atoms with Crippen LogP contribution in [0.2, 0.25) is 0 Å². The Hall–Kier alpha value is -1.68. The van der Waals surface area contributed by atoms with Gasteiger partial charge in [0.05, 0.1) is 11.5 Å². The van der Waals surface area contributed by atoms with Gasteiger partial charge in [0.2, 0.25) is 5.91 Å². The van der Waals surface area contributed by atoms with Crippen molar-refractivity contribution in [3.05, 3.63) is 35.9 Å². The first kappa shape index (κ1) is 19.1. The van der Waals surface area contributed by atoms with Gasteiger partial charge in [0.15, 0.2) is 0 Å². The summed E-state index contributed by atoms with van der Waals surface area (Å²) in [5.74, 6) is 0.384. The van der Waals surface area contributed by atoms with Gasteiger partial charge in [-0.25, -0.2) is 0 Å². The Morgan fingerprint density at radius 2 is 1.69 bits per heavy atom. The summed E-state index contributed by atoms with van der Waals surface area (Å²) in [6, 6.07) is 10.4. The fraction of sp³-hybridized carbons (Fsp3) is 0.636. The molecule has 4 heteroatoms. The van der Waals surface area contributed by atoms with Gasteiger partial charge in [0.25, 0.3) is 0 Å². The highest BCUT2D eigenvalue weighted by Gasteiger charge is 2.41. The third kappa shape index (κ3) is 4.01. The zero-order chi connectivity index (χ0) is 18.6. The maximum absolute atomic E-state index is 12.7. The Kier molecular flexibility index (Phi) is 6.13. The molecule has 0 radical (unpaired) electrons. The number of carbonyl (C=O) groups excluding carboxylic acids is 2. The summed E-state index contributed by atoms with van der Waals surface area (Å²) in [5.41, 5.74) is 0.726. The van der Waals surface area contributed by atoms with E-state index in [0.29, 0.717) is 6.04 Å². The highest BCUT2D eigenvalue weighted by molar-refractivity contribution is 5.88. The Morgan fingerprint density at radius 1 is 1.08 bits per heavy atom. The Bertz CT molecular complexity index is 614. The fourth-order valence-electron chi connectivity index (χ4n) is 4.63. The average molecular weight is 357 g/mol. The van der Waals surface area contributed by atoms with Crippen molar-refractivity contribution < 1.29 is 9.59 Å². The monoisotopic (exact) mass is 356 g/mol. The van der Waals surface area contributed by atoms with Gasteiger partial charge in [0.1, 0.15) is 5.78 Å². The number of carbonyl (C=O) groups is 2. The quantitative estimate of drug-likeness (QED) is 0.879. The van der Waals surface area contributed by atoms with E-state index in [9.17, 15) is 9.59 Å². The molecule has 1 unspecified atom stereocenters. The number of amides is 1. The molecule has 0 spiro atoms. The second-order valence-corrected chi connectivity index (χ2v) is 8.06. The molecule has 2 aliphatic rings. The predicted molar refractivity (Wildman–Crippen MR) is 104 cm³/mol. The van der Waals surface area contributed by atoms with Gasteiger partial charge in [-0.3, -0.25) is 14.5 Å². The van der Waals surface area contributed by atoms with Crippen molar-refractivity contribution in [1.82, 2.24) is 10.2 Å². The molecule has 26 heavy (non-hydrogen) atoms. The third-order valence-electron chi connectivity index (χ3n) is 6.53. The van der Waals surface area contributed by atoms with Crippen LogP contribution in [0.3, 0.4) is 0 Å². The SMILES string of the molecule is CC(=O)C1(c2ccccc2)CCN(C(C)C(=O)NC2CCCCC2)CC1. The second kappa shape index (κ2) is 8.34. The van der Waals surface area contributed by atoms with Crippen molar-refractivity contribution in [3.8, 4) is 0 Å². The minimum Gasteiger partial charge on any atom is -0.352 e. The highest BCUT2D eigenvalue weighted by Crippen LogP contribution is 2.37. The van der Waals surface area contributed by atoms with E-state index in [1.807, 2.05) is 25.1 Å². The van der Waals surface area contributed by atoms with Crippen LogP contribution in [0.25, 0.3) is 0 Å². The van der Waals surface area contributed by atoms with E-state index in [4.69, 9.17) is 0 Å². The molecule has 1 heterocycles. The topological polar surface area (TPSA) is 49.4 Å². The van der Waals surface area contributed by atoms with Crippen molar-refractivity contribution >= 4 is 11.7 Å². The highest BCUT2D eigenvalue weighted by atomic mass is 16.2. The minimum absolute atomic E-state index is 0.127. The molecule has 1 N–H and O–H groups in total. The van der Waals surface area contributed by atoms with Gasteiger partial charge >= 0.3 is 0 Å². The Morgan fingerprint density at radius 3 is 2.27 bits per heavy atom. The van der Waals surface area contributed by atoms with Gasteiger partial charge in [-0.1, -0.05) is 49.6 Å². The molecule has 1 saturated heterocycles. The summed E-state index contributed by atoms with van der Waals surface area (Å²) in [5, 5.41) is 3.24. The molecule has 142 valence electrons. The summed E-state index contributed by atoms with van der Waals surface area (Å²) in [4.78, 5) is 27.4. The molecule has 3 rings (SSSR count). The van der Waals surface area contributed by atoms with E-state index in [0.717, 1.165) is 44.3 Å². The van der Waals surface area contributed by atoms with Crippen LogP contribution in [-0.2, 0) is 15.0 Å². The number of benzene rings is 1. The first-order valence-corrected chi connectivity index (χ1v) is 10.1. The number of rotatable bonds is 5. The number of hydrogen-bond acceptors (Lipinski definition) is 3. The van der Waals surface area contributed by atoms with E-state index in [1.54, 1.807) is 6.92 Å². The van der Waals surface area contributed by atoms with Crippen LogP contribution < -0.4 is 5.32 Å². The van der Waals surface area contributed by atoms with Gasteiger partial charge in [0, 0.05) is 19.1 Å². The van der Waals surface area contributed by atoms with Gasteiger partial charge in [-0.15, -0.1) is 0 Å². The fourth-order valence-corrected chi connectivity index (χ4v) is 4.63. The summed E-state index contributed by atoms with van der Waals surface area (Å²) in [6.45, 7) is 5.28. The number of ketones is 1. The van der Waals surface area contributed by atoms with Crippen molar-refractivity contribution in [3.63, 3.8) is 0 Å². The lowest BCUT2D eigenvalue weighted by molar-refractivity contribution is -0.128. The Labute approximate surface area is 157 Å². The number of hydrogen-bond donors (Lipinski definition) is 1. The third-order valence-corrected chi connectivity index (χ3v) is 6.53. The largest absolute Gasteiger partial charge is 0.352 e. The van der Waals surface area contributed by atoms with Crippen LogP contribution in [0.1, 0.15) is 64.4 Å². The minimum atomic E-state index is -0.392. The lowest BCUT2D eigenvalue weighted by atomic mass is 9.70. The Balaban J connectivity index is 1.61. The standard InChI is InChI=1S/C22H32N2O2/c1-17(21(26)23-20-11-7-4-8-12-20)24-15-13-22(14-16-24,18(2)25)19-9-5-3-6-10-19/h3,5-6,9-10,17,20H,4,7-8,11-16H2,1-2H3,(H,23,26). The van der Waals surface area contributed by atoms with E-state index in [-0.39, 0.29) is 17.7 Å². The maximum atomic E-state index is 12.7. The van der Waals surface area contributed by atoms with Crippen LogP contribution >= 0.6 is 0 Å². The van der Waals surface area contributed by atoms with Gasteiger partial charge in [-0.2, -0.15) is 0 Å². The van der Waals surface area contributed by atoms with Crippen molar-refractivity contribution in [1.29, 1.82) is 0 Å². The molecule has 0 aromatic heterocycles. The number of nitrogens with one attached hydrogen (secondary N) is 1. The summed E-state index contributed by atoms with van der Waals surface area (Å²) >= 11 is 0. The van der Waals surface area contributed by atoms with E-state index < -0.39 is 5.41 Å². The molecule has 2 fully saturated rings. The molecular formula is C22H32N2O2. The second-order valence-electron chi connectivity index (χ2n) is 8.06. The molecule has 1 amide bonds. The molecule has 1 atom stereocenters. The van der Waals surface area contributed by atoms with Crippen LogP contribution in [0.15, 0.2) is 30.3 Å². The maximum Gasteiger partial charge on any atom is 0.237 e. The number of piperidine rings is 1. The lowest BCUT2D eigenvalue weighted by Gasteiger charge is -2.42. The zero-order valence-corrected chi connectivity index (χ0v) is 16.2. The van der Waals surface area contributed by atoms with Crippen LogP contribution in [0.4, 0.5) is 0 Å². The molecule has 4 nitrogen and oxygen atoms in total. The first-order chi connectivity index (χ1) is 12.5. The summed E-state index contributed by atoms with van der Waals surface area (Å²) < 4.78 is 0. The van der Waals surface area contributed by atoms with Crippen molar-refractivity contribution in [2.45, 2.75) is 76.3 Å². The molecule has 1 saturated carbocycles. The van der Waals surface area contributed by atoms with E-state index in [2.05, 4.69) is 22.3 Å². The lowest BCUT2D eigenvalue weighted by Crippen LogP contribution is -2.54. The predicted octanol–water partition coefficient (Wildman–Crippen LogP) is 3.45. The zero-order valence-electron chi connectivity index (χ0n) is 16.2. The van der Waals surface area contributed by atoms with Gasteiger partial charge in [-0.05, 0) is 45.1 Å². The van der Waals surface area contributed by atoms with Crippen LogP contribution in [0.5, 0.6) is 0 Å². The normalized spacial score (nSPS) is 22.5. The van der Waals surface area contributed by atoms with Crippen molar-refractivity contribution in [2.75, 3.05) is 13.1 Å². The van der Waals surface area contributed by atoms with Crippen molar-refractivity contribution in [2.24, 2.45) is 0 Å². The number of Topliss-reactive ketones (excluding diaryl/α,β-unsaturated/α-hetero) is 1. The molecular weight excluding hydrogens is 324 g/mol. The molecule has 1 aromatic carbocycles. The number of likely N-dealkylation sites (tertiary alicyclic amines) is 1. The first-order valence-electron chi connectivity index (χ1n) is 10.1. The van der Waals surface area contributed by atoms with Crippen LogP contribution in [0, 0.1) is 0 Å². The molecule has 1 aliphatic carbocycles. The number of nitrogens with zero attached hydrogens (tertiary/aromatic N) is 1. The van der Waals surface area contributed by atoms with Crippen LogP contribution in [-0.4, -0.2) is 41.8 Å². The van der Waals surface area contributed by atoms with Gasteiger partial charge < -0.3 is 5.32 Å². The average Bonchev–Trinajstić information content (AvgIpc) is 2.68. The molecule has 1 aromatic rings.